The highest BCUT2D eigenvalue weighted by atomic mass is 32.1. The summed E-state index contributed by atoms with van der Waals surface area (Å²) in [6.07, 6.45) is -4.37. The first kappa shape index (κ1) is 14.6. The van der Waals surface area contributed by atoms with Crippen LogP contribution in [0.5, 0.6) is 0 Å². The van der Waals surface area contributed by atoms with Gasteiger partial charge in [-0.25, -0.2) is 0 Å². The third kappa shape index (κ3) is 3.01. The number of alkyl halides is 3. The second kappa shape index (κ2) is 5.28. The molecule has 0 radical (unpaired) electrons. The number of carbonyl (C=O) groups is 1. The van der Waals surface area contributed by atoms with E-state index in [1.54, 1.807) is 5.38 Å². The summed E-state index contributed by atoms with van der Waals surface area (Å²) in [5.41, 5.74) is 1.04. The lowest BCUT2D eigenvalue weighted by atomic mass is 10.1. The normalized spacial score (nSPS) is 11.4. The van der Waals surface area contributed by atoms with Crippen LogP contribution in [-0.2, 0) is 6.18 Å². The van der Waals surface area contributed by atoms with Gasteiger partial charge in [0.05, 0.1) is 11.1 Å². The van der Waals surface area contributed by atoms with Gasteiger partial charge in [-0.1, -0.05) is 0 Å². The topological polar surface area (TPSA) is 29.1 Å². The van der Waals surface area contributed by atoms with E-state index < -0.39 is 11.7 Å². The number of anilines is 1. The molecule has 0 bridgehead atoms. The maximum atomic E-state index is 12.4. The highest BCUT2D eigenvalue weighted by molar-refractivity contribution is 7.10. The summed E-state index contributed by atoms with van der Waals surface area (Å²) < 4.78 is 37.3. The van der Waals surface area contributed by atoms with Crippen molar-refractivity contribution in [2.75, 3.05) is 5.32 Å². The Balaban J connectivity index is 2.15. The molecule has 6 heteroatoms. The predicted molar refractivity (Wildman–Crippen MR) is 73.2 cm³/mol. The average molecular weight is 299 g/mol. The third-order valence-electron chi connectivity index (χ3n) is 3.00. The molecule has 1 aromatic heterocycles. The van der Waals surface area contributed by atoms with Crippen molar-refractivity contribution in [3.05, 3.63) is 51.2 Å². The van der Waals surface area contributed by atoms with Gasteiger partial charge >= 0.3 is 6.18 Å². The van der Waals surface area contributed by atoms with Crippen molar-refractivity contribution in [1.82, 2.24) is 0 Å². The molecule has 0 atom stereocenters. The molecule has 0 fully saturated rings. The van der Waals surface area contributed by atoms with E-state index in [2.05, 4.69) is 5.32 Å². The lowest BCUT2D eigenvalue weighted by Gasteiger charge is -2.08. The number of carbonyl (C=O) groups excluding carboxylic acids is 1. The molecule has 0 unspecified atom stereocenters. The molecule has 2 nitrogen and oxygen atoms in total. The number of halogens is 3. The number of rotatable bonds is 2. The molecule has 0 aliphatic carbocycles. The molecule has 1 heterocycles. The third-order valence-corrected chi connectivity index (χ3v) is 4.01. The van der Waals surface area contributed by atoms with Crippen molar-refractivity contribution in [1.29, 1.82) is 0 Å². The van der Waals surface area contributed by atoms with Crippen LogP contribution in [0.1, 0.15) is 26.4 Å². The molecule has 0 aliphatic rings. The minimum atomic E-state index is -4.37. The standard InChI is InChI=1S/C14H12F3NOS/c1-8-9(2)20-7-12(8)13(19)18-11-5-3-10(4-6-11)14(15,16)17/h3-7H,1-2H3,(H,18,19). The number of hydrogen-bond acceptors (Lipinski definition) is 2. The zero-order valence-electron chi connectivity index (χ0n) is 10.8. The van der Waals surface area contributed by atoms with Crippen LogP contribution < -0.4 is 5.32 Å². The quantitative estimate of drug-likeness (QED) is 0.860. The van der Waals surface area contributed by atoms with E-state index in [0.29, 0.717) is 11.3 Å². The van der Waals surface area contributed by atoms with Crippen molar-refractivity contribution in [2.24, 2.45) is 0 Å². The Morgan fingerprint density at radius 3 is 2.20 bits per heavy atom. The molecule has 2 rings (SSSR count). The zero-order valence-corrected chi connectivity index (χ0v) is 11.7. The van der Waals surface area contributed by atoms with E-state index in [1.165, 1.54) is 23.5 Å². The lowest BCUT2D eigenvalue weighted by Crippen LogP contribution is -2.12. The van der Waals surface area contributed by atoms with Gasteiger partial charge in [-0.2, -0.15) is 13.2 Å². The van der Waals surface area contributed by atoms with Gasteiger partial charge in [-0.3, -0.25) is 4.79 Å². The Labute approximate surface area is 118 Å². The number of nitrogens with one attached hydrogen (secondary N) is 1. The first-order valence-corrected chi connectivity index (χ1v) is 6.70. The average Bonchev–Trinajstić information content (AvgIpc) is 2.69. The fourth-order valence-corrected chi connectivity index (χ4v) is 2.54. The summed E-state index contributed by atoms with van der Waals surface area (Å²) >= 11 is 1.47. The van der Waals surface area contributed by atoms with Crippen LogP contribution in [0.3, 0.4) is 0 Å². The van der Waals surface area contributed by atoms with Crippen molar-refractivity contribution in [3.8, 4) is 0 Å². The Kier molecular flexibility index (Phi) is 3.85. The minimum absolute atomic E-state index is 0.313. The van der Waals surface area contributed by atoms with Crippen LogP contribution in [0.15, 0.2) is 29.6 Å². The number of amides is 1. The molecule has 0 saturated heterocycles. The maximum Gasteiger partial charge on any atom is 0.416 e. The Bertz CT molecular complexity index is 629. The molecule has 2 aromatic rings. The van der Waals surface area contributed by atoms with Crippen molar-refractivity contribution in [2.45, 2.75) is 20.0 Å². The molecule has 1 amide bonds. The highest BCUT2D eigenvalue weighted by Crippen LogP contribution is 2.30. The lowest BCUT2D eigenvalue weighted by molar-refractivity contribution is -0.137. The number of hydrogen-bond donors (Lipinski definition) is 1. The number of thiophene rings is 1. The van der Waals surface area contributed by atoms with Crippen molar-refractivity contribution in [3.63, 3.8) is 0 Å². The Morgan fingerprint density at radius 2 is 1.75 bits per heavy atom. The number of benzene rings is 1. The summed E-state index contributed by atoms with van der Waals surface area (Å²) in [4.78, 5) is 13.0. The van der Waals surface area contributed by atoms with Gasteiger partial charge in [-0.15, -0.1) is 11.3 Å². The second-order valence-corrected chi connectivity index (χ2v) is 5.44. The fraction of sp³-hybridized carbons (Fsp3) is 0.214. The van der Waals surface area contributed by atoms with E-state index in [-0.39, 0.29) is 5.91 Å². The summed E-state index contributed by atoms with van der Waals surface area (Å²) in [7, 11) is 0. The van der Waals surface area contributed by atoms with Crippen molar-refractivity contribution < 1.29 is 18.0 Å². The van der Waals surface area contributed by atoms with Gasteiger partial charge in [0.15, 0.2) is 0 Å². The van der Waals surface area contributed by atoms with Gasteiger partial charge < -0.3 is 5.32 Å². The molecular formula is C14H12F3NOS. The van der Waals surface area contributed by atoms with Crippen LogP contribution in [0.2, 0.25) is 0 Å². The molecule has 0 saturated carbocycles. The minimum Gasteiger partial charge on any atom is -0.322 e. The summed E-state index contributed by atoms with van der Waals surface area (Å²) in [5.74, 6) is -0.313. The maximum absolute atomic E-state index is 12.4. The second-order valence-electron chi connectivity index (χ2n) is 4.36. The largest absolute Gasteiger partial charge is 0.416 e. The molecule has 0 aliphatic heterocycles. The number of aryl methyl sites for hydroxylation is 1. The van der Waals surface area contributed by atoms with E-state index >= 15 is 0 Å². The van der Waals surface area contributed by atoms with Crippen LogP contribution in [-0.4, -0.2) is 5.91 Å². The monoisotopic (exact) mass is 299 g/mol. The van der Waals surface area contributed by atoms with Gasteiger partial charge in [0.25, 0.3) is 5.91 Å². The molecule has 0 spiro atoms. The molecule has 1 aromatic carbocycles. The SMILES string of the molecule is Cc1scc(C(=O)Nc2ccc(C(F)(F)F)cc2)c1C. The molecule has 1 N–H and O–H groups in total. The Morgan fingerprint density at radius 1 is 1.15 bits per heavy atom. The predicted octanol–water partition coefficient (Wildman–Crippen LogP) is 4.64. The van der Waals surface area contributed by atoms with E-state index in [4.69, 9.17) is 0 Å². The van der Waals surface area contributed by atoms with Crippen LogP contribution in [0.4, 0.5) is 18.9 Å². The van der Waals surface area contributed by atoms with Gasteiger partial charge in [-0.05, 0) is 43.7 Å². The first-order valence-electron chi connectivity index (χ1n) is 5.82. The van der Waals surface area contributed by atoms with Crippen molar-refractivity contribution >= 4 is 22.9 Å². The molecule has 20 heavy (non-hydrogen) atoms. The smallest absolute Gasteiger partial charge is 0.322 e. The summed E-state index contributed by atoms with van der Waals surface area (Å²) in [5, 5.41) is 4.33. The first-order chi connectivity index (χ1) is 9.29. The summed E-state index contributed by atoms with van der Waals surface area (Å²) in [6.45, 7) is 3.75. The van der Waals surface area contributed by atoms with Gasteiger partial charge in [0.2, 0.25) is 0 Å². The summed E-state index contributed by atoms with van der Waals surface area (Å²) in [6, 6.07) is 4.38. The van der Waals surface area contributed by atoms with Gasteiger partial charge in [0, 0.05) is 15.9 Å². The van der Waals surface area contributed by atoms with Crippen LogP contribution in [0, 0.1) is 13.8 Å². The van der Waals surface area contributed by atoms with E-state index in [0.717, 1.165) is 22.6 Å². The van der Waals surface area contributed by atoms with E-state index in [1.807, 2.05) is 13.8 Å². The van der Waals surface area contributed by atoms with Crippen LogP contribution in [0.25, 0.3) is 0 Å². The Hall–Kier alpha value is -1.82. The van der Waals surface area contributed by atoms with Gasteiger partial charge in [0.1, 0.15) is 0 Å². The fourth-order valence-electron chi connectivity index (χ4n) is 1.68. The molecular weight excluding hydrogens is 287 g/mol. The zero-order chi connectivity index (χ0) is 14.9. The van der Waals surface area contributed by atoms with E-state index in [9.17, 15) is 18.0 Å². The highest BCUT2D eigenvalue weighted by Gasteiger charge is 2.30. The molecule has 106 valence electrons. The van der Waals surface area contributed by atoms with Crippen LogP contribution >= 0.6 is 11.3 Å².